The molecule has 190 valence electrons. The highest BCUT2D eigenvalue weighted by molar-refractivity contribution is 5.90. The maximum atomic E-state index is 13.0. The van der Waals surface area contributed by atoms with Crippen LogP contribution in [-0.2, 0) is 14.2 Å². The van der Waals surface area contributed by atoms with E-state index in [0.29, 0.717) is 29.2 Å². The molecule has 0 radical (unpaired) electrons. The van der Waals surface area contributed by atoms with Gasteiger partial charge in [0.2, 0.25) is 12.4 Å². The van der Waals surface area contributed by atoms with Crippen molar-refractivity contribution in [2.24, 2.45) is 0 Å². The first-order valence-electron chi connectivity index (χ1n) is 11.9. The number of aliphatic hydroxyl groups excluding tert-OH is 1. The summed E-state index contributed by atoms with van der Waals surface area (Å²) in [5, 5.41) is 10.7. The van der Waals surface area contributed by atoms with Crippen molar-refractivity contribution >= 4 is 17.5 Å². The van der Waals surface area contributed by atoms with Crippen molar-refractivity contribution < 1.29 is 38.4 Å². The van der Waals surface area contributed by atoms with E-state index in [-0.39, 0.29) is 6.61 Å². The average Bonchev–Trinajstić information content (AvgIpc) is 2.93. The maximum Gasteiger partial charge on any atom is 0.338 e. The van der Waals surface area contributed by atoms with Crippen molar-refractivity contribution in [1.29, 1.82) is 0 Å². The van der Waals surface area contributed by atoms with Crippen LogP contribution >= 0.6 is 0 Å². The molecule has 37 heavy (non-hydrogen) atoms. The molecule has 0 bridgehead atoms. The van der Waals surface area contributed by atoms with Crippen molar-refractivity contribution in [3.8, 4) is 11.5 Å². The Morgan fingerprint density at radius 1 is 0.865 bits per heavy atom. The maximum absolute atomic E-state index is 13.0. The van der Waals surface area contributed by atoms with Gasteiger partial charge in [0.05, 0.1) is 17.7 Å². The lowest BCUT2D eigenvalue weighted by atomic mass is 10.0. The van der Waals surface area contributed by atoms with Crippen LogP contribution in [0.15, 0.2) is 84.9 Å². The fourth-order valence-electron chi connectivity index (χ4n) is 4.18. The number of benzene rings is 3. The largest absolute Gasteiger partial charge is 0.489 e. The summed E-state index contributed by atoms with van der Waals surface area (Å²) in [7, 11) is 0. The molecule has 8 heteroatoms. The van der Waals surface area contributed by atoms with Gasteiger partial charge in [0, 0.05) is 11.6 Å². The van der Waals surface area contributed by atoms with Crippen LogP contribution in [0.1, 0.15) is 33.2 Å². The SMILES string of the molecule is CC1=CCOc2cc(O[C@@H]3OC[C@H](O)[C@H](OC(=O)c4ccccc4)[C@H]3OC(=O)c3ccccc3)ccc21. The molecule has 8 nitrogen and oxygen atoms in total. The highest BCUT2D eigenvalue weighted by Gasteiger charge is 2.47. The second-order valence-corrected chi connectivity index (χ2v) is 8.71. The topological polar surface area (TPSA) is 101 Å². The molecule has 0 aromatic heterocycles. The fraction of sp³-hybridized carbons (Fsp3) is 0.241. The first kappa shape index (κ1) is 24.5. The summed E-state index contributed by atoms with van der Waals surface area (Å²) in [6.07, 6.45) is -2.93. The van der Waals surface area contributed by atoms with Crippen LogP contribution in [-0.4, -0.2) is 54.9 Å². The minimum Gasteiger partial charge on any atom is -0.489 e. The third-order valence-corrected chi connectivity index (χ3v) is 6.17. The first-order valence-corrected chi connectivity index (χ1v) is 11.9. The fourth-order valence-corrected chi connectivity index (χ4v) is 4.18. The molecule has 1 N–H and O–H groups in total. The number of esters is 2. The molecule has 0 spiro atoms. The standard InChI is InChI=1S/C29H26O8/c1-18-14-15-33-24-16-21(12-13-22(18)24)35-29-26(37-28(32)20-10-6-3-7-11-20)25(23(30)17-34-29)36-27(31)19-8-4-2-5-9-19/h2-14,16,23,25-26,29-30H,15,17H2,1H3/t23-,25-,26+,29-/m0/s1. The quantitative estimate of drug-likeness (QED) is 0.505. The molecule has 3 aromatic carbocycles. The van der Waals surface area contributed by atoms with Gasteiger partial charge < -0.3 is 28.8 Å². The Bertz CT molecular complexity index is 1290. The molecule has 0 amide bonds. The van der Waals surface area contributed by atoms with Crippen molar-refractivity contribution in [2.75, 3.05) is 13.2 Å². The second-order valence-electron chi connectivity index (χ2n) is 8.71. The van der Waals surface area contributed by atoms with Crippen LogP contribution in [0.2, 0.25) is 0 Å². The molecule has 2 heterocycles. The summed E-state index contributed by atoms with van der Waals surface area (Å²) >= 11 is 0. The number of rotatable bonds is 6. The predicted molar refractivity (Wildman–Crippen MR) is 133 cm³/mol. The van der Waals surface area contributed by atoms with E-state index in [1.165, 1.54) is 0 Å². The van der Waals surface area contributed by atoms with Crippen LogP contribution in [0.25, 0.3) is 5.57 Å². The summed E-state index contributed by atoms with van der Waals surface area (Å²) in [6, 6.07) is 22.1. The van der Waals surface area contributed by atoms with E-state index in [1.54, 1.807) is 72.8 Å². The van der Waals surface area contributed by atoms with Crippen LogP contribution in [0.5, 0.6) is 11.5 Å². The summed E-state index contributed by atoms with van der Waals surface area (Å²) < 4.78 is 28.9. The van der Waals surface area contributed by atoms with Crippen LogP contribution in [0, 0.1) is 0 Å². The van der Waals surface area contributed by atoms with Crippen LogP contribution < -0.4 is 9.47 Å². The van der Waals surface area contributed by atoms with Crippen molar-refractivity contribution in [2.45, 2.75) is 31.5 Å². The zero-order valence-corrected chi connectivity index (χ0v) is 20.1. The first-order chi connectivity index (χ1) is 18.0. The van der Waals surface area contributed by atoms with Crippen molar-refractivity contribution in [3.63, 3.8) is 0 Å². The average molecular weight is 503 g/mol. The molecule has 1 saturated heterocycles. The second kappa shape index (κ2) is 10.9. The minimum absolute atomic E-state index is 0.194. The number of carbonyl (C=O) groups excluding carboxylic acids is 2. The van der Waals surface area contributed by atoms with Crippen LogP contribution in [0.3, 0.4) is 0 Å². The molecular formula is C29H26O8. The van der Waals surface area contributed by atoms with E-state index < -0.39 is 36.5 Å². The number of hydrogen-bond donors (Lipinski definition) is 1. The van der Waals surface area contributed by atoms with Gasteiger partial charge in [-0.2, -0.15) is 0 Å². The molecule has 0 saturated carbocycles. The highest BCUT2D eigenvalue weighted by Crippen LogP contribution is 2.34. The molecule has 4 atom stereocenters. The van der Waals surface area contributed by atoms with E-state index in [9.17, 15) is 14.7 Å². The van der Waals surface area contributed by atoms with Gasteiger partial charge in [-0.15, -0.1) is 0 Å². The third-order valence-electron chi connectivity index (χ3n) is 6.17. The van der Waals surface area contributed by atoms with E-state index in [2.05, 4.69) is 0 Å². The number of carbonyl (C=O) groups is 2. The van der Waals surface area contributed by atoms with Crippen molar-refractivity contribution in [1.82, 2.24) is 0 Å². The molecule has 0 aliphatic carbocycles. The Morgan fingerprint density at radius 3 is 2.14 bits per heavy atom. The number of allylic oxidation sites excluding steroid dienone is 1. The minimum atomic E-state index is -1.26. The molecule has 0 unspecified atom stereocenters. The van der Waals surface area contributed by atoms with Gasteiger partial charge in [0.15, 0.2) is 6.10 Å². The Kier molecular flexibility index (Phi) is 7.20. The van der Waals surface area contributed by atoms with Crippen LogP contribution in [0.4, 0.5) is 0 Å². The Hall–Kier alpha value is -4.14. The zero-order chi connectivity index (χ0) is 25.8. The monoisotopic (exact) mass is 502 g/mol. The molecule has 2 aliphatic rings. The summed E-state index contributed by atoms with van der Waals surface area (Å²) in [4.78, 5) is 25.8. The lowest BCUT2D eigenvalue weighted by molar-refractivity contribution is -0.241. The molecular weight excluding hydrogens is 476 g/mol. The van der Waals surface area contributed by atoms with Gasteiger partial charge >= 0.3 is 11.9 Å². The Labute approximate surface area is 214 Å². The van der Waals surface area contributed by atoms with E-state index in [0.717, 1.165) is 11.1 Å². The lowest BCUT2D eigenvalue weighted by Gasteiger charge is -2.39. The zero-order valence-electron chi connectivity index (χ0n) is 20.1. The molecule has 2 aliphatic heterocycles. The Morgan fingerprint density at radius 2 is 1.49 bits per heavy atom. The van der Waals surface area contributed by atoms with Gasteiger partial charge in [-0.05, 0) is 55.0 Å². The summed E-state index contributed by atoms with van der Waals surface area (Å²) in [5.41, 5.74) is 2.62. The Balaban J connectivity index is 1.42. The summed E-state index contributed by atoms with van der Waals surface area (Å²) in [5.74, 6) is -0.287. The highest BCUT2D eigenvalue weighted by atomic mass is 16.7. The van der Waals surface area contributed by atoms with E-state index >= 15 is 0 Å². The normalized spacial score (nSPS) is 22.6. The predicted octanol–water partition coefficient (Wildman–Crippen LogP) is 4.03. The number of fused-ring (bicyclic) bond motifs is 1. The van der Waals surface area contributed by atoms with Gasteiger partial charge in [0.1, 0.15) is 24.2 Å². The van der Waals surface area contributed by atoms with E-state index in [1.807, 2.05) is 19.1 Å². The van der Waals surface area contributed by atoms with Gasteiger partial charge in [0.25, 0.3) is 0 Å². The van der Waals surface area contributed by atoms with Gasteiger partial charge in [-0.25, -0.2) is 9.59 Å². The molecule has 5 rings (SSSR count). The van der Waals surface area contributed by atoms with Gasteiger partial charge in [-0.1, -0.05) is 36.4 Å². The van der Waals surface area contributed by atoms with E-state index in [4.69, 9.17) is 23.7 Å². The number of ether oxygens (including phenoxy) is 5. The smallest absolute Gasteiger partial charge is 0.338 e. The summed E-state index contributed by atoms with van der Waals surface area (Å²) in [6.45, 7) is 2.25. The van der Waals surface area contributed by atoms with Gasteiger partial charge in [-0.3, -0.25) is 0 Å². The third kappa shape index (κ3) is 5.50. The number of aliphatic hydroxyl groups is 1. The van der Waals surface area contributed by atoms with Crippen molar-refractivity contribution in [3.05, 3.63) is 102 Å². The number of hydrogen-bond acceptors (Lipinski definition) is 8. The molecule has 1 fully saturated rings. The molecule has 3 aromatic rings. The lowest BCUT2D eigenvalue weighted by Crippen LogP contribution is -2.58.